The number of hydrogen-bond donors (Lipinski definition) is 1. The van der Waals surface area contributed by atoms with Crippen LogP contribution in [0, 0.1) is 0 Å². The van der Waals surface area contributed by atoms with E-state index in [0.29, 0.717) is 12.5 Å². The van der Waals surface area contributed by atoms with Crippen LogP contribution in [0.2, 0.25) is 0 Å². The van der Waals surface area contributed by atoms with Gasteiger partial charge in [0.05, 0.1) is 12.8 Å². The van der Waals surface area contributed by atoms with Crippen molar-refractivity contribution in [2.24, 2.45) is 0 Å². The highest BCUT2D eigenvalue weighted by atomic mass is 16.5. The van der Waals surface area contributed by atoms with E-state index in [9.17, 15) is 4.79 Å². The molecule has 0 aliphatic heterocycles. The van der Waals surface area contributed by atoms with Crippen molar-refractivity contribution in [2.75, 3.05) is 20.3 Å². The summed E-state index contributed by atoms with van der Waals surface area (Å²) in [5, 5.41) is 12.3. The fraction of sp³-hybridized carbons (Fsp3) is 0.357. The Balaban J connectivity index is 1.97. The summed E-state index contributed by atoms with van der Waals surface area (Å²) >= 11 is 0. The Labute approximate surface area is 117 Å². The zero-order valence-electron chi connectivity index (χ0n) is 11.5. The Kier molecular flexibility index (Phi) is 4.84. The van der Waals surface area contributed by atoms with Crippen molar-refractivity contribution in [1.82, 2.24) is 15.5 Å². The highest BCUT2D eigenvalue weighted by molar-refractivity contribution is 5.86. The molecule has 20 heavy (non-hydrogen) atoms. The maximum absolute atomic E-state index is 11.7. The third kappa shape index (κ3) is 3.64. The minimum atomic E-state index is -0.218. The van der Waals surface area contributed by atoms with E-state index in [1.165, 1.54) is 0 Å². The smallest absolute Gasteiger partial charge is 0.258 e. The van der Waals surface area contributed by atoms with Gasteiger partial charge in [-0.2, -0.15) is 5.10 Å². The number of fused-ring (bicyclic) bond motifs is 1. The second-order valence-electron chi connectivity index (χ2n) is 4.45. The molecule has 2 rings (SSSR count). The van der Waals surface area contributed by atoms with Gasteiger partial charge in [0, 0.05) is 23.9 Å². The number of methoxy groups -OCH3 is 1. The molecule has 1 atom stereocenters. The van der Waals surface area contributed by atoms with Gasteiger partial charge in [0.15, 0.2) is 6.61 Å². The van der Waals surface area contributed by atoms with Gasteiger partial charge in [-0.1, -0.05) is 18.2 Å². The number of aromatic nitrogens is 2. The van der Waals surface area contributed by atoms with E-state index in [4.69, 9.17) is 9.47 Å². The largest absolute Gasteiger partial charge is 0.466 e. The normalized spacial score (nSPS) is 12.1. The first-order chi connectivity index (χ1) is 9.70. The van der Waals surface area contributed by atoms with Crippen molar-refractivity contribution in [1.29, 1.82) is 0 Å². The lowest BCUT2D eigenvalue weighted by Crippen LogP contribution is -2.38. The van der Waals surface area contributed by atoms with Crippen LogP contribution < -0.4 is 10.1 Å². The van der Waals surface area contributed by atoms with Gasteiger partial charge in [-0.3, -0.25) is 4.79 Å². The summed E-state index contributed by atoms with van der Waals surface area (Å²) in [7, 11) is 1.59. The van der Waals surface area contributed by atoms with Gasteiger partial charge < -0.3 is 14.8 Å². The molecule has 0 unspecified atom stereocenters. The molecule has 0 fully saturated rings. The van der Waals surface area contributed by atoms with Crippen LogP contribution in [0.15, 0.2) is 30.5 Å². The van der Waals surface area contributed by atoms with E-state index in [-0.39, 0.29) is 18.6 Å². The number of amides is 1. The number of nitrogens with one attached hydrogen (secondary N) is 1. The lowest BCUT2D eigenvalue weighted by atomic mass is 10.2. The van der Waals surface area contributed by atoms with E-state index in [2.05, 4.69) is 15.5 Å². The van der Waals surface area contributed by atoms with Crippen LogP contribution in [0.25, 0.3) is 10.8 Å². The molecule has 2 aromatic rings. The van der Waals surface area contributed by atoms with E-state index >= 15 is 0 Å². The Bertz CT molecular complexity index is 583. The second kappa shape index (κ2) is 6.81. The minimum absolute atomic E-state index is 0.0605. The summed E-state index contributed by atoms with van der Waals surface area (Å²) in [6.07, 6.45) is 1.66. The van der Waals surface area contributed by atoms with Crippen LogP contribution >= 0.6 is 0 Å². The van der Waals surface area contributed by atoms with Gasteiger partial charge in [0.2, 0.25) is 5.88 Å². The molecule has 0 bridgehead atoms. The lowest BCUT2D eigenvalue weighted by molar-refractivity contribution is -0.124. The molecule has 0 radical (unpaired) electrons. The van der Waals surface area contributed by atoms with Crippen molar-refractivity contribution in [3.05, 3.63) is 30.5 Å². The number of carbonyl (C=O) groups excluding carboxylic acids is 1. The summed E-state index contributed by atoms with van der Waals surface area (Å²) in [5.74, 6) is 0.141. The zero-order valence-corrected chi connectivity index (χ0v) is 11.5. The summed E-state index contributed by atoms with van der Waals surface area (Å²) < 4.78 is 10.4. The van der Waals surface area contributed by atoms with Crippen LogP contribution in [-0.2, 0) is 9.53 Å². The van der Waals surface area contributed by atoms with Crippen LogP contribution in [0.3, 0.4) is 0 Å². The maximum Gasteiger partial charge on any atom is 0.258 e. The van der Waals surface area contributed by atoms with Gasteiger partial charge >= 0.3 is 0 Å². The van der Waals surface area contributed by atoms with Crippen molar-refractivity contribution < 1.29 is 14.3 Å². The highest BCUT2D eigenvalue weighted by Crippen LogP contribution is 2.20. The summed E-state index contributed by atoms with van der Waals surface area (Å²) in [6.45, 7) is 2.22. The quantitative estimate of drug-likeness (QED) is 0.856. The molecule has 0 aliphatic carbocycles. The molecule has 1 aromatic heterocycles. The SMILES string of the molecule is COC[C@@H](C)NC(=O)COc1nncc2ccccc12. The van der Waals surface area contributed by atoms with E-state index < -0.39 is 0 Å². The molecular weight excluding hydrogens is 258 g/mol. The second-order valence-corrected chi connectivity index (χ2v) is 4.45. The van der Waals surface area contributed by atoms with Gasteiger partial charge in [0.1, 0.15) is 0 Å². The molecule has 1 N–H and O–H groups in total. The van der Waals surface area contributed by atoms with Gasteiger partial charge in [-0.25, -0.2) is 0 Å². The zero-order chi connectivity index (χ0) is 14.4. The fourth-order valence-electron chi connectivity index (χ4n) is 1.85. The molecule has 6 nitrogen and oxygen atoms in total. The third-order valence-electron chi connectivity index (χ3n) is 2.70. The molecule has 0 spiro atoms. The highest BCUT2D eigenvalue weighted by Gasteiger charge is 2.10. The molecule has 106 valence electrons. The Morgan fingerprint density at radius 1 is 1.40 bits per heavy atom. The number of nitrogens with zero attached hydrogens (tertiary/aromatic N) is 2. The predicted molar refractivity (Wildman–Crippen MR) is 74.5 cm³/mol. The lowest BCUT2D eigenvalue weighted by Gasteiger charge is -2.13. The van der Waals surface area contributed by atoms with E-state index in [1.807, 2.05) is 31.2 Å². The monoisotopic (exact) mass is 275 g/mol. The van der Waals surface area contributed by atoms with Crippen LogP contribution in [0.1, 0.15) is 6.92 Å². The summed E-state index contributed by atoms with van der Waals surface area (Å²) in [6, 6.07) is 7.53. The number of ether oxygens (including phenoxy) is 2. The molecule has 6 heteroatoms. The molecule has 0 aliphatic rings. The Morgan fingerprint density at radius 2 is 2.20 bits per heavy atom. The number of hydrogen-bond acceptors (Lipinski definition) is 5. The average Bonchev–Trinajstić information content (AvgIpc) is 2.45. The molecule has 1 aromatic carbocycles. The van der Waals surface area contributed by atoms with E-state index in [1.54, 1.807) is 13.3 Å². The topological polar surface area (TPSA) is 73.3 Å². The van der Waals surface area contributed by atoms with Crippen molar-refractivity contribution >= 4 is 16.7 Å². The standard InChI is InChI=1S/C14H17N3O3/c1-10(8-19-2)16-13(18)9-20-14-12-6-4-3-5-11(12)7-15-17-14/h3-7,10H,8-9H2,1-2H3,(H,16,18)/t10-/m1/s1. The van der Waals surface area contributed by atoms with Crippen LogP contribution in [-0.4, -0.2) is 42.5 Å². The average molecular weight is 275 g/mol. The van der Waals surface area contributed by atoms with Crippen LogP contribution in [0.4, 0.5) is 0 Å². The first-order valence-electron chi connectivity index (χ1n) is 6.32. The first-order valence-corrected chi connectivity index (χ1v) is 6.32. The van der Waals surface area contributed by atoms with Gasteiger partial charge in [-0.15, -0.1) is 5.10 Å². The summed E-state index contributed by atoms with van der Waals surface area (Å²) in [5.41, 5.74) is 0. The van der Waals surface area contributed by atoms with E-state index in [0.717, 1.165) is 10.8 Å². The molecule has 1 heterocycles. The minimum Gasteiger partial charge on any atom is -0.466 e. The number of benzene rings is 1. The third-order valence-corrected chi connectivity index (χ3v) is 2.70. The molecule has 0 saturated carbocycles. The summed E-state index contributed by atoms with van der Waals surface area (Å²) in [4.78, 5) is 11.7. The first kappa shape index (κ1) is 14.2. The fourth-order valence-corrected chi connectivity index (χ4v) is 1.85. The molecular formula is C14H17N3O3. The van der Waals surface area contributed by atoms with Gasteiger partial charge in [-0.05, 0) is 13.0 Å². The number of carbonyl (C=O) groups is 1. The predicted octanol–water partition coefficient (Wildman–Crippen LogP) is 1.16. The van der Waals surface area contributed by atoms with Crippen molar-refractivity contribution in [2.45, 2.75) is 13.0 Å². The van der Waals surface area contributed by atoms with Crippen molar-refractivity contribution in [3.63, 3.8) is 0 Å². The van der Waals surface area contributed by atoms with Crippen molar-refractivity contribution in [3.8, 4) is 5.88 Å². The molecule has 0 saturated heterocycles. The number of rotatable bonds is 6. The van der Waals surface area contributed by atoms with Gasteiger partial charge in [0.25, 0.3) is 5.91 Å². The van der Waals surface area contributed by atoms with Crippen LogP contribution in [0.5, 0.6) is 5.88 Å². The Morgan fingerprint density at radius 3 is 3.00 bits per heavy atom. The molecule has 1 amide bonds. The Hall–Kier alpha value is -2.21. The maximum atomic E-state index is 11.7.